The van der Waals surface area contributed by atoms with Crippen molar-refractivity contribution in [1.29, 1.82) is 0 Å². The number of para-hydroxylation sites is 1. The second-order valence-corrected chi connectivity index (χ2v) is 12.7. The molecule has 1 aliphatic heterocycles. The lowest BCUT2D eigenvalue weighted by Crippen LogP contribution is -2.65. The third-order valence-electron chi connectivity index (χ3n) is 6.02. The number of thioether (sulfide) groups is 1. The van der Waals surface area contributed by atoms with Gasteiger partial charge in [0.1, 0.15) is 8.07 Å². The molecule has 0 N–H and O–H groups in total. The molecule has 4 aromatic rings. The van der Waals surface area contributed by atoms with Crippen LogP contribution in [0.25, 0.3) is 0 Å². The van der Waals surface area contributed by atoms with Gasteiger partial charge in [0.25, 0.3) is 0 Å². The predicted molar refractivity (Wildman–Crippen MR) is 132 cm³/mol. The molecule has 30 heavy (non-hydrogen) atoms. The molecule has 0 saturated heterocycles. The van der Waals surface area contributed by atoms with Gasteiger partial charge in [-0.1, -0.05) is 109 Å². The monoisotopic (exact) mass is 422 g/mol. The minimum atomic E-state index is -2.12. The van der Waals surface area contributed by atoms with Crippen molar-refractivity contribution in [2.24, 2.45) is 0 Å². The lowest BCUT2D eigenvalue weighted by molar-refractivity contribution is -0.411. The Balaban J connectivity index is 1.69. The van der Waals surface area contributed by atoms with Gasteiger partial charge in [-0.2, -0.15) is 4.58 Å². The molecule has 0 bridgehead atoms. The molecule has 0 aliphatic carbocycles. The highest BCUT2D eigenvalue weighted by atomic mass is 32.2. The SMILES string of the molecule is C[Si](c1ccccc1)(c1ccccc1)c1cccc2c1SC[N+](c1ccccc1)=C2. The van der Waals surface area contributed by atoms with Crippen LogP contribution in [0.3, 0.4) is 0 Å². The van der Waals surface area contributed by atoms with Crippen molar-refractivity contribution in [3.05, 3.63) is 115 Å². The van der Waals surface area contributed by atoms with Crippen molar-refractivity contribution in [2.45, 2.75) is 11.4 Å². The molecule has 3 heteroatoms. The van der Waals surface area contributed by atoms with E-state index in [4.69, 9.17) is 0 Å². The fourth-order valence-corrected chi connectivity index (χ4v) is 9.87. The first-order valence-electron chi connectivity index (χ1n) is 10.3. The van der Waals surface area contributed by atoms with Crippen LogP contribution in [0, 0.1) is 0 Å². The fraction of sp³-hybridized carbons (Fsp3) is 0.0741. The number of fused-ring (bicyclic) bond motifs is 1. The third kappa shape index (κ3) is 3.34. The standard InChI is InChI=1S/C27H24NSSi/c1-30(24-15-7-3-8-16-24,25-17-9-4-10-18-25)26-19-11-12-22-20-28(21-29-27(22)26)23-13-5-2-6-14-23/h2-20H,21H2,1H3/q+1. The van der Waals surface area contributed by atoms with E-state index in [1.807, 2.05) is 11.8 Å². The van der Waals surface area contributed by atoms with Crippen LogP contribution in [0.15, 0.2) is 114 Å². The minimum absolute atomic E-state index is 0.933. The van der Waals surface area contributed by atoms with Crippen molar-refractivity contribution < 1.29 is 4.58 Å². The summed E-state index contributed by atoms with van der Waals surface area (Å²) in [7, 11) is -2.12. The van der Waals surface area contributed by atoms with Crippen molar-refractivity contribution in [1.82, 2.24) is 0 Å². The normalized spacial score (nSPS) is 13.4. The summed E-state index contributed by atoms with van der Waals surface area (Å²) in [6.45, 7) is 2.50. The quantitative estimate of drug-likeness (QED) is 0.264. The Bertz CT molecular complexity index is 1150. The van der Waals surface area contributed by atoms with E-state index in [-0.39, 0.29) is 0 Å². The summed E-state index contributed by atoms with van der Waals surface area (Å²) >= 11 is 1.96. The Morgan fingerprint density at radius 1 is 0.667 bits per heavy atom. The number of benzene rings is 4. The van der Waals surface area contributed by atoms with Crippen LogP contribution in [0.4, 0.5) is 5.69 Å². The van der Waals surface area contributed by atoms with Gasteiger partial charge in [0.05, 0.1) is 5.56 Å². The van der Waals surface area contributed by atoms with E-state index >= 15 is 0 Å². The van der Waals surface area contributed by atoms with E-state index in [9.17, 15) is 0 Å². The van der Waals surface area contributed by atoms with Gasteiger partial charge in [-0.25, -0.2) is 0 Å². The molecule has 146 valence electrons. The summed E-state index contributed by atoms with van der Waals surface area (Å²) in [5.74, 6) is 0.933. The van der Waals surface area contributed by atoms with Crippen LogP contribution in [0.5, 0.6) is 0 Å². The fourth-order valence-electron chi connectivity index (χ4n) is 4.34. The topological polar surface area (TPSA) is 3.01 Å². The Morgan fingerprint density at radius 2 is 1.23 bits per heavy atom. The summed E-state index contributed by atoms with van der Waals surface area (Å²) in [6, 6.07) is 39.7. The van der Waals surface area contributed by atoms with Crippen LogP contribution in [0.2, 0.25) is 6.55 Å². The first kappa shape index (κ1) is 19.1. The molecular weight excluding hydrogens is 398 g/mol. The van der Waals surface area contributed by atoms with Crippen molar-refractivity contribution in [3.63, 3.8) is 0 Å². The molecule has 0 saturated carbocycles. The Hall–Kier alpha value is -2.88. The van der Waals surface area contributed by atoms with E-state index in [0.717, 1.165) is 5.88 Å². The van der Waals surface area contributed by atoms with Gasteiger partial charge in [0.2, 0.25) is 5.69 Å². The zero-order valence-corrected chi connectivity index (χ0v) is 18.8. The molecule has 5 rings (SSSR count). The highest BCUT2D eigenvalue weighted by Gasteiger charge is 2.37. The largest absolute Gasteiger partial charge is 0.205 e. The summed E-state index contributed by atoms with van der Waals surface area (Å²) in [6.07, 6.45) is 2.31. The zero-order valence-electron chi connectivity index (χ0n) is 17.0. The molecule has 0 fully saturated rings. The van der Waals surface area contributed by atoms with Gasteiger partial charge in [0, 0.05) is 17.0 Å². The summed E-state index contributed by atoms with van der Waals surface area (Å²) in [5, 5.41) is 4.41. The summed E-state index contributed by atoms with van der Waals surface area (Å²) in [5.41, 5.74) is 2.56. The highest BCUT2D eigenvalue weighted by Crippen LogP contribution is 2.29. The van der Waals surface area contributed by atoms with Gasteiger partial charge in [-0.15, -0.1) is 0 Å². The zero-order chi connectivity index (χ0) is 20.4. The first-order chi connectivity index (χ1) is 14.8. The number of rotatable bonds is 4. The Morgan fingerprint density at radius 3 is 1.83 bits per heavy atom. The maximum Gasteiger partial charge on any atom is 0.205 e. The molecule has 1 aliphatic rings. The molecule has 0 radical (unpaired) electrons. The summed E-state index contributed by atoms with van der Waals surface area (Å²) in [4.78, 5) is 1.44. The highest BCUT2D eigenvalue weighted by molar-refractivity contribution is 7.99. The molecule has 0 spiro atoms. The molecule has 0 aromatic heterocycles. The molecule has 0 unspecified atom stereocenters. The average Bonchev–Trinajstić information content (AvgIpc) is 2.84. The molecule has 0 amide bonds. The van der Waals surface area contributed by atoms with E-state index < -0.39 is 8.07 Å². The van der Waals surface area contributed by atoms with E-state index in [2.05, 4.69) is 127 Å². The molecule has 0 atom stereocenters. The maximum atomic E-state index is 2.50. The van der Waals surface area contributed by atoms with Gasteiger partial charge < -0.3 is 0 Å². The van der Waals surface area contributed by atoms with Gasteiger partial charge in [0.15, 0.2) is 12.1 Å². The predicted octanol–water partition coefficient (Wildman–Crippen LogP) is 4.61. The van der Waals surface area contributed by atoms with E-state index in [1.165, 1.54) is 31.7 Å². The van der Waals surface area contributed by atoms with Gasteiger partial charge in [-0.3, -0.25) is 0 Å². The number of nitrogens with zero attached hydrogens (tertiary/aromatic N) is 1. The first-order valence-corrected chi connectivity index (χ1v) is 13.8. The van der Waals surface area contributed by atoms with Crippen molar-refractivity contribution >= 4 is 47.3 Å². The van der Waals surface area contributed by atoms with Crippen LogP contribution in [0.1, 0.15) is 5.56 Å². The lowest BCUT2D eigenvalue weighted by atomic mass is 10.2. The molecule has 4 aromatic carbocycles. The molecular formula is C27H24NSSi+. The van der Waals surface area contributed by atoms with Gasteiger partial charge >= 0.3 is 0 Å². The maximum absolute atomic E-state index is 2.50. The van der Waals surface area contributed by atoms with Crippen molar-refractivity contribution in [2.75, 3.05) is 5.88 Å². The van der Waals surface area contributed by atoms with Crippen LogP contribution < -0.4 is 15.6 Å². The molecule has 1 nitrogen and oxygen atoms in total. The minimum Gasteiger partial charge on any atom is -0.188 e. The van der Waals surface area contributed by atoms with Crippen LogP contribution in [-0.4, -0.2) is 24.7 Å². The smallest absolute Gasteiger partial charge is 0.188 e. The molecule has 1 heterocycles. The third-order valence-corrected chi connectivity index (χ3v) is 11.8. The second-order valence-electron chi connectivity index (χ2n) is 7.79. The van der Waals surface area contributed by atoms with Gasteiger partial charge in [-0.05, 0) is 21.6 Å². The Labute approximate surface area is 183 Å². The van der Waals surface area contributed by atoms with Crippen molar-refractivity contribution in [3.8, 4) is 0 Å². The van der Waals surface area contributed by atoms with Crippen LogP contribution in [-0.2, 0) is 0 Å². The van der Waals surface area contributed by atoms with Crippen LogP contribution >= 0.6 is 11.8 Å². The average molecular weight is 423 g/mol. The van der Waals surface area contributed by atoms with E-state index in [1.54, 1.807) is 0 Å². The summed E-state index contributed by atoms with van der Waals surface area (Å²) < 4.78 is 2.35. The Kier molecular flexibility index (Phi) is 5.15. The second kappa shape index (κ2) is 8.09. The van der Waals surface area contributed by atoms with E-state index in [0.29, 0.717) is 0 Å². The number of hydrogen-bond acceptors (Lipinski definition) is 1. The lowest BCUT2D eigenvalue weighted by Gasteiger charge is -2.32. The number of hydrogen-bond donors (Lipinski definition) is 0.